The molecule has 0 saturated carbocycles. The number of hydrogen-bond donors (Lipinski definition) is 1. The molecule has 0 aliphatic heterocycles. The van der Waals surface area contributed by atoms with Gasteiger partial charge in [-0.3, -0.25) is 14.3 Å². The first-order valence-corrected chi connectivity index (χ1v) is 11.7. The largest absolute Gasteiger partial charge is 0.322 e. The van der Waals surface area contributed by atoms with Crippen LogP contribution in [-0.2, 0) is 13.1 Å². The van der Waals surface area contributed by atoms with Crippen LogP contribution in [0.15, 0.2) is 107 Å². The number of hydrogen-bond acceptors (Lipinski definition) is 4. The summed E-state index contributed by atoms with van der Waals surface area (Å²) in [5, 5.41) is 9.67. The van der Waals surface area contributed by atoms with Gasteiger partial charge in [0.15, 0.2) is 0 Å². The number of carbonyl (C=O) groups excluding carboxylic acids is 1. The van der Waals surface area contributed by atoms with Crippen molar-refractivity contribution >= 4 is 22.9 Å². The molecule has 0 unspecified atom stereocenters. The van der Waals surface area contributed by atoms with E-state index in [4.69, 9.17) is 5.10 Å². The van der Waals surface area contributed by atoms with E-state index < -0.39 is 0 Å². The number of pyridine rings is 1. The van der Waals surface area contributed by atoms with Gasteiger partial charge in [0, 0.05) is 24.1 Å². The van der Waals surface area contributed by atoms with Crippen LogP contribution >= 0.6 is 11.3 Å². The molecule has 0 saturated heterocycles. The second-order valence-electron chi connectivity index (χ2n) is 7.87. The van der Waals surface area contributed by atoms with E-state index in [1.54, 1.807) is 39.0 Å². The lowest BCUT2D eigenvalue weighted by atomic mass is 10.1. The van der Waals surface area contributed by atoms with E-state index in [9.17, 15) is 9.59 Å². The molecule has 5 aromatic rings. The van der Waals surface area contributed by atoms with Crippen molar-refractivity contribution in [2.45, 2.75) is 13.1 Å². The molecule has 1 amide bonds. The van der Waals surface area contributed by atoms with Gasteiger partial charge < -0.3 is 9.88 Å². The molecule has 3 aromatic heterocycles. The number of carbonyl (C=O) groups is 1. The molecule has 0 atom stereocenters. The minimum atomic E-state index is -0.213. The fraction of sp³-hybridized carbons (Fsp3) is 0.0741. The highest BCUT2D eigenvalue weighted by Crippen LogP contribution is 2.27. The molecule has 0 aliphatic carbocycles. The van der Waals surface area contributed by atoms with E-state index >= 15 is 0 Å². The maximum absolute atomic E-state index is 13.2. The molecular formula is C27H22N4O2S. The molecule has 3 heterocycles. The number of thiophene rings is 1. The van der Waals surface area contributed by atoms with Crippen molar-refractivity contribution in [3.05, 3.63) is 130 Å². The summed E-state index contributed by atoms with van der Waals surface area (Å²) in [6.07, 6.45) is 3.56. The SMILES string of the molecule is O=C(Nc1ccc(Cn2ccccc2=O)cc1)c1cn(Cc2ccccc2)nc1-c1cccs1. The molecular weight excluding hydrogens is 444 g/mol. The third-order valence-corrected chi connectivity index (χ3v) is 6.29. The minimum absolute atomic E-state index is 0.0477. The molecule has 7 heteroatoms. The molecule has 0 bridgehead atoms. The lowest BCUT2D eigenvalue weighted by Crippen LogP contribution is -2.18. The van der Waals surface area contributed by atoms with Gasteiger partial charge in [-0.25, -0.2) is 0 Å². The second-order valence-corrected chi connectivity index (χ2v) is 8.82. The molecule has 5 rings (SSSR count). The number of nitrogens with one attached hydrogen (secondary N) is 1. The van der Waals surface area contributed by atoms with Crippen LogP contribution in [0.4, 0.5) is 5.69 Å². The molecule has 168 valence electrons. The number of nitrogens with zero attached hydrogens (tertiary/aromatic N) is 3. The van der Waals surface area contributed by atoms with Crippen molar-refractivity contribution in [1.82, 2.24) is 14.3 Å². The number of aromatic nitrogens is 3. The van der Waals surface area contributed by atoms with Crippen LogP contribution in [0.3, 0.4) is 0 Å². The molecule has 0 fully saturated rings. The number of anilines is 1. The van der Waals surface area contributed by atoms with Gasteiger partial charge >= 0.3 is 0 Å². The topological polar surface area (TPSA) is 68.9 Å². The first kappa shape index (κ1) is 21.6. The van der Waals surface area contributed by atoms with E-state index in [0.717, 1.165) is 16.0 Å². The normalized spacial score (nSPS) is 10.8. The van der Waals surface area contributed by atoms with Gasteiger partial charge in [-0.05, 0) is 40.8 Å². The average molecular weight is 467 g/mol. The molecule has 2 aromatic carbocycles. The monoisotopic (exact) mass is 466 g/mol. The lowest BCUT2D eigenvalue weighted by molar-refractivity contribution is 0.102. The zero-order chi connectivity index (χ0) is 23.3. The Kier molecular flexibility index (Phi) is 6.18. The molecule has 1 N–H and O–H groups in total. The van der Waals surface area contributed by atoms with Crippen LogP contribution in [0.2, 0.25) is 0 Å². The van der Waals surface area contributed by atoms with E-state index in [1.807, 2.05) is 78.2 Å². The zero-order valence-corrected chi connectivity index (χ0v) is 19.1. The molecule has 0 aliphatic rings. The van der Waals surface area contributed by atoms with E-state index in [2.05, 4.69) is 5.32 Å². The van der Waals surface area contributed by atoms with Crippen molar-refractivity contribution in [3.63, 3.8) is 0 Å². The Hall–Kier alpha value is -4.23. The summed E-state index contributed by atoms with van der Waals surface area (Å²) in [6, 6.07) is 26.6. The molecule has 34 heavy (non-hydrogen) atoms. The van der Waals surface area contributed by atoms with Crippen LogP contribution in [0.1, 0.15) is 21.5 Å². The maximum Gasteiger partial charge on any atom is 0.259 e. The van der Waals surface area contributed by atoms with E-state index in [-0.39, 0.29) is 11.5 Å². The second kappa shape index (κ2) is 9.72. The Morgan fingerprint density at radius 2 is 1.62 bits per heavy atom. The minimum Gasteiger partial charge on any atom is -0.322 e. The first-order valence-electron chi connectivity index (χ1n) is 10.9. The summed E-state index contributed by atoms with van der Waals surface area (Å²) >= 11 is 1.55. The summed E-state index contributed by atoms with van der Waals surface area (Å²) in [5.74, 6) is -0.213. The summed E-state index contributed by atoms with van der Waals surface area (Å²) in [6.45, 7) is 1.06. The standard InChI is InChI=1S/C27H22N4O2S/c32-25-10-4-5-15-30(25)17-21-11-13-22(14-12-21)28-27(33)23-19-31(18-20-7-2-1-3-8-20)29-26(23)24-9-6-16-34-24/h1-16,19H,17-18H2,(H,28,33). The summed E-state index contributed by atoms with van der Waals surface area (Å²) < 4.78 is 3.45. The van der Waals surface area contributed by atoms with Gasteiger partial charge in [0.25, 0.3) is 11.5 Å². The third kappa shape index (κ3) is 4.89. The van der Waals surface area contributed by atoms with Gasteiger partial charge in [-0.2, -0.15) is 5.10 Å². The predicted octanol–water partition coefficient (Wildman–Crippen LogP) is 5.12. The van der Waals surface area contributed by atoms with Crippen molar-refractivity contribution in [2.75, 3.05) is 5.32 Å². The van der Waals surface area contributed by atoms with Crippen LogP contribution in [0, 0.1) is 0 Å². The highest BCUT2D eigenvalue weighted by molar-refractivity contribution is 7.13. The smallest absolute Gasteiger partial charge is 0.259 e. The van der Waals surface area contributed by atoms with Crippen molar-refractivity contribution < 1.29 is 4.79 Å². The zero-order valence-electron chi connectivity index (χ0n) is 18.3. The van der Waals surface area contributed by atoms with Crippen molar-refractivity contribution in [3.8, 4) is 10.6 Å². The third-order valence-electron chi connectivity index (χ3n) is 5.41. The van der Waals surface area contributed by atoms with Gasteiger partial charge in [-0.15, -0.1) is 11.3 Å². The lowest BCUT2D eigenvalue weighted by Gasteiger charge is -2.08. The summed E-state index contributed by atoms with van der Waals surface area (Å²) in [4.78, 5) is 26.1. The Morgan fingerprint density at radius 1 is 0.853 bits per heavy atom. The first-order chi connectivity index (χ1) is 16.7. The fourth-order valence-corrected chi connectivity index (χ4v) is 4.44. The van der Waals surface area contributed by atoms with Gasteiger partial charge in [0.1, 0.15) is 5.69 Å². The van der Waals surface area contributed by atoms with Crippen LogP contribution in [0.5, 0.6) is 0 Å². The molecule has 6 nitrogen and oxygen atoms in total. The Balaban J connectivity index is 1.35. The Labute approximate surface area is 200 Å². The Morgan fingerprint density at radius 3 is 2.35 bits per heavy atom. The Bertz CT molecular complexity index is 1450. The number of benzene rings is 2. The van der Waals surface area contributed by atoms with Crippen molar-refractivity contribution in [1.29, 1.82) is 0 Å². The quantitative estimate of drug-likeness (QED) is 0.362. The fourth-order valence-electron chi connectivity index (χ4n) is 3.71. The van der Waals surface area contributed by atoms with Crippen LogP contribution in [-0.4, -0.2) is 20.3 Å². The average Bonchev–Trinajstić information content (AvgIpc) is 3.53. The van der Waals surface area contributed by atoms with E-state index in [0.29, 0.717) is 30.0 Å². The van der Waals surface area contributed by atoms with Gasteiger partial charge in [0.05, 0.1) is 23.5 Å². The number of amides is 1. The van der Waals surface area contributed by atoms with Gasteiger partial charge in [0.2, 0.25) is 0 Å². The van der Waals surface area contributed by atoms with Crippen LogP contribution in [0.25, 0.3) is 10.6 Å². The van der Waals surface area contributed by atoms with Gasteiger partial charge in [-0.1, -0.05) is 54.6 Å². The predicted molar refractivity (Wildman–Crippen MR) is 135 cm³/mol. The highest BCUT2D eigenvalue weighted by atomic mass is 32.1. The summed E-state index contributed by atoms with van der Waals surface area (Å²) in [5.41, 5.74) is 3.92. The molecule has 0 spiro atoms. The highest BCUT2D eigenvalue weighted by Gasteiger charge is 2.19. The molecule has 0 radical (unpaired) electrons. The van der Waals surface area contributed by atoms with Crippen molar-refractivity contribution in [2.24, 2.45) is 0 Å². The summed E-state index contributed by atoms with van der Waals surface area (Å²) in [7, 11) is 0. The number of rotatable bonds is 7. The van der Waals surface area contributed by atoms with Crippen LogP contribution < -0.4 is 10.9 Å². The van der Waals surface area contributed by atoms with E-state index in [1.165, 1.54) is 6.07 Å². The maximum atomic E-state index is 13.2.